The number of fused-ring (bicyclic) bond motifs is 1. The number of nitrogens with one attached hydrogen (secondary N) is 1. The summed E-state index contributed by atoms with van der Waals surface area (Å²) in [6, 6.07) is 2.11. The topological polar surface area (TPSA) is 90.3 Å². The molecule has 2 atom stereocenters. The van der Waals surface area contributed by atoms with Gasteiger partial charge in [-0.1, -0.05) is 12.8 Å². The zero-order valence-corrected chi connectivity index (χ0v) is 15.2. The third-order valence-electron chi connectivity index (χ3n) is 5.24. The van der Waals surface area contributed by atoms with Crippen molar-refractivity contribution in [2.45, 2.75) is 46.0 Å². The van der Waals surface area contributed by atoms with E-state index < -0.39 is 0 Å². The van der Waals surface area contributed by atoms with Crippen molar-refractivity contribution in [1.29, 1.82) is 5.26 Å². The molecule has 1 saturated heterocycles. The summed E-state index contributed by atoms with van der Waals surface area (Å²) in [6.07, 6.45) is 3.58. The number of aryl methyl sites for hydroxylation is 1. The molecule has 2 fully saturated rings. The second-order valence-electron chi connectivity index (χ2n) is 6.72. The number of amides is 3. The molecule has 2 heterocycles. The molecule has 0 aromatic carbocycles. The highest BCUT2D eigenvalue weighted by molar-refractivity contribution is 7.16. The second-order valence-corrected chi connectivity index (χ2v) is 7.95. The van der Waals surface area contributed by atoms with Crippen molar-refractivity contribution in [3.8, 4) is 6.07 Å². The van der Waals surface area contributed by atoms with Gasteiger partial charge in [-0.05, 0) is 32.3 Å². The summed E-state index contributed by atoms with van der Waals surface area (Å²) < 4.78 is 0. The molecule has 2 aliphatic rings. The van der Waals surface area contributed by atoms with E-state index in [9.17, 15) is 19.6 Å². The zero-order valence-electron chi connectivity index (χ0n) is 14.4. The monoisotopic (exact) mass is 359 g/mol. The van der Waals surface area contributed by atoms with Gasteiger partial charge in [-0.2, -0.15) is 5.26 Å². The number of rotatable bonds is 4. The first-order chi connectivity index (χ1) is 11.9. The molecular weight excluding hydrogens is 338 g/mol. The Morgan fingerprint density at radius 3 is 2.40 bits per heavy atom. The number of nitrogens with zero attached hydrogens (tertiary/aromatic N) is 2. The number of carbonyl (C=O) groups excluding carboxylic acids is 3. The lowest BCUT2D eigenvalue weighted by molar-refractivity contribution is -0.140. The summed E-state index contributed by atoms with van der Waals surface area (Å²) >= 11 is 1.37. The Kier molecular flexibility index (Phi) is 4.91. The van der Waals surface area contributed by atoms with Crippen LogP contribution >= 0.6 is 11.3 Å². The van der Waals surface area contributed by atoms with Gasteiger partial charge in [-0.3, -0.25) is 19.3 Å². The molecule has 6 nitrogen and oxygen atoms in total. The average Bonchev–Trinajstić information content (AvgIpc) is 3.00. The summed E-state index contributed by atoms with van der Waals surface area (Å²) in [5, 5.41) is 12.5. The SMILES string of the molecule is Cc1sc(NC(=O)CCN2C(=O)[C@@H]3CCCC[C@H]3C2=O)c(C#N)c1C. The Hall–Kier alpha value is -2.20. The number of imide groups is 1. The number of likely N-dealkylation sites (tertiary alicyclic amines) is 1. The highest BCUT2D eigenvalue weighted by Crippen LogP contribution is 2.38. The third-order valence-corrected chi connectivity index (χ3v) is 6.37. The van der Waals surface area contributed by atoms with E-state index in [0.717, 1.165) is 36.1 Å². The van der Waals surface area contributed by atoms with Gasteiger partial charge in [0.1, 0.15) is 11.1 Å². The van der Waals surface area contributed by atoms with Crippen molar-refractivity contribution in [2.75, 3.05) is 11.9 Å². The predicted molar refractivity (Wildman–Crippen MR) is 93.9 cm³/mol. The number of anilines is 1. The summed E-state index contributed by atoms with van der Waals surface area (Å²) in [7, 11) is 0. The average molecular weight is 359 g/mol. The fourth-order valence-electron chi connectivity index (χ4n) is 3.70. The zero-order chi connectivity index (χ0) is 18.1. The summed E-state index contributed by atoms with van der Waals surface area (Å²) in [5.41, 5.74) is 1.35. The molecular formula is C18H21N3O3S. The number of thiophene rings is 1. The first kappa shape index (κ1) is 17.6. The van der Waals surface area contributed by atoms with Crippen molar-refractivity contribution in [3.05, 3.63) is 16.0 Å². The molecule has 1 aliphatic heterocycles. The Bertz CT molecular complexity index is 753. The molecule has 1 aliphatic carbocycles. The van der Waals surface area contributed by atoms with Crippen LogP contribution in [0.1, 0.15) is 48.1 Å². The van der Waals surface area contributed by atoms with Crippen LogP contribution in [0.5, 0.6) is 0 Å². The Balaban J connectivity index is 1.61. The number of nitriles is 1. The van der Waals surface area contributed by atoms with Crippen LogP contribution in [0.3, 0.4) is 0 Å². The lowest BCUT2D eigenvalue weighted by Crippen LogP contribution is -2.34. The van der Waals surface area contributed by atoms with E-state index in [4.69, 9.17) is 0 Å². The minimum absolute atomic E-state index is 0.0534. The van der Waals surface area contributed by atoms with Gasteiger partial charge in [0.05, 0.1) is 17.4 Å². The van der Waals surface area contributed by atoms with Gasteiger partial charge in [0.25, 0.3) is 0 Å². The molecule has 3 rings (SSSR count). The van der Waals surface area contributed by atoms with Crippen molar-refractivity contribution in [1.82, 2.24) is 4.90 Å². The van der Waals surface area contributed by atoms with E-state index >= 15 is 0 Å². The van der Waals surface area contributed by atoms with Crippen molar-refractivity contribution < 1.29 is 14.4 Å². The smallest absolute Gasteiger partial charge is 0.233 e. The maximum atomic E-state index is 12.4. The van der Waals surface area contributed by atoms with Gasteiger partial charge in [0.15, 0.2) is 0 Å². The molecule has 0 unspecified atom stereocenters. The summed E-state index contributed by atoms with van der Waals surface area (Å²) in [5.74, 6) is -0.895. The normalized spacial score (nSPS) is 22.7. The van der Waals surface area contributed by atoms with Crippen LogP contribution < -0.4 is 5.32 Å². The van der Waals surface area contributed by atoms with E-state index in [1.165, 1.54) is 16.2 Å². The van der Waals surface area contributed by atoms with Crippen LogP contribution in [-0.2, 0) is 14.4 Å². The standard InChI is InChI=1S/C18H21N3O3S/c1-10-11(2)25-16(14(10)9-19)20-15(22)7-8-21-17(23)12-5-3-4-6-13(12)18(21)24/h12-13H,3-8H2,1-2H3,(H,20,22)/t12-,13-/m1/s1. The molecule has 0 spiro atoms. The van der Waals surface area contributed by atoms with Crippen LogP contribution in [0, 0.1) is 37.0 Å². The fourth-order valence-corrected chi connectivity index (χ4v) is 4.73. The van der Waals surface area contributed by atoms with E-state index in [1.54, 1.807) is 0 Å². The number of carbonyl (C=O) groups is 3. The van der Waals surface area contributed by atoms with Gasteiger partial charge in [-0.15, -0.1) is 11.3 Å². The first-order valence-corrected chi connectivity index (χ1v) is 9.40. The van der Waals surface area contributed by atoms with E-state index in [-0.39, 0.29) is 42.5 Å². The third kappa shape index (κ3) is 3.19. The number of hydrogen-bond donors (Lipinski definition) is 1. The first-order valence-electron chi connectivity index (χ1n) is 8.59. The Labute approximate surface area is 150 Å². The summed E-state index contributed by atoms with van der Waals surface area (Å²) in [4.78, 5) is 39.3. The maximum Gasteiger partial charge on any atom is 0.233 e. The molecule has 0 bridgehead atoms. The van der Waals surface area contributed by atoms with Crippen molar-refractivity contribution in [3.63, 3.8) is 0 Å². The van der Waals surface area contributed by atoms with Crippen LogP contribution in [0.4, 0.5) is 5.00 Å². The van der Waals surface area contributed by atoms with Crippen LogP contribution in [0.15, 0.2) is 0 Å². The van der Waals surface area contributed by atoms with Crippen LogP contribution in [-0.4, -0.2) is 29.2 Å². The molecule has 7 heteroatoms. The lowest BCUT2D eigenvalue weighted by Gasteiger charge is -2.19. The second kappa shape index (κ2) is 6.96. The Morgan fingerprint density at radius 2 is 1.84 bits per heavy atom. The maximum absolute atomic E-state index is 12.4. The molecule has 1 N–H and O–H groups in total. The molecule has 1 aromatic heterocycles. The highest BCUT2D eigenvalue weighted by Gasteiger charge is 2.47. The highest BCUT2D eigenvalue weighted by atomic mass is 32.1. The van der Waals surface area contributed by atoms with Gasteiger partial charge < -0.3 is 5.32 Å². The summed E-state index contributed by atoms with van der Waals surface area (Å²) in [6.45, 7) is 3.87. The van der Waals surface area contributed by atoms with Crippen LogP contribution in [0.25, 0.3) is 0 Å². The molecule has 1 aromatic rings. The minimum atomic E-state index is -0.284. The quantitative estimate of drug-likeness (QED) is 0.837. The lowest BCUT2D eigenvalue weighted by atomic mass is 9.81. The van der Waals surface area contributed by atoms with E-state index in [0.29, 0.717) is 10.6 Å². The van der Waals surface area contributed by atoms with Gasteiger partial charge >= 0.3 is 0 Å². The molecule has 0 radical (unpaired) electrons. The van der Waals surface area contributed by atoms with Crippen LogP contribution in [0.2, 0.25) is 0 Å². The van der Waals surface area contributed by atoms with E-state index in [2.05, 4.69) is 11.4 Å². The molecule has 25 heavy (non-hydrogen) atoms. The van der Waals surface area contributed by atoms with E-state index in [1.807, 2.05) is 13.8 Å². The predicted octanol–water partition coefficient (Wildman–Crippen LogP) is 2.74. The Morgan fingerprint density at radius 1 is 1.24 bits per heavy atom. The minimum Gasteiger partial charge on any atom is -0.317 e. The van der Waals surface area contributed by atoms with Crippen molar-refractivity contribution >= 4 is 34.1 Å². The molecule has 1 saturated carbocycles. The van der Waals surface area contributed by atoms with Gasteiger partial charge in [0.2, 0.25) is 17.7 Å². The van der Waals surface area contributed by atoms with Gasteiger partial charge in [0, 0.05) is 17.8 Å². The fraction of sp³-hybridized carbons (Fsp3) is 0.556. The number of hydrogen-bond acceptors (Lipinski definition) is 5. The molecule has 132 valence electrons. The molecule has 3 amide bonds. The van der Waals surface area contributed by atoms with Gasteiger partial charge in [-0.25, -0.2) is 0 Å². The largest absolute Gasteiger partial charge is 0.317 e. The van der Waals surface area contributed by atoms with Crippen molar-refractivity contribution in [2.24, 2.45) is 11.8 Å².